The maximum atomic E-state index is 12.6. The molecule has 1 aliphatic rings. The van der Waals surface area contributed by atoms with Crippen molar-refractivity contribution in [3.63, 3.8) is 0 Å². The molecule has 0 saturated heterocycles. The Hall–Kier alpha value is -3.53. The molecular weight excluding hydrogens is 404 g/mol. The Kier molecular flexibility index (Phi) is 4.59. The van der Waals surface area contributed by atoms with Gasteiger partial charge in [-0.15, -0.1) is 10.2 Å². The quantitative estimate of drug-likeness (QED) is 0.530. The van der Waals surface area contributed by atoms with Crippen molar-refractivity contribution in [3.05, 3.63) is 41.4 Å². The summed E-state index contributed by atoms with van der Waals surface area (Å²) in [5, 5.41) is 17.2. The number of ether oxygens (including phenoxy) is 1. The van der Waals surface area contributed by atoms with Crippen LogP contribution in [-0.4, -0.2) is 40.5 Å². The fraction of sp³-hybridized carbons (Fsp3) is 0.250. The van der Waals surface area contributed by atoms with E-state index in [1.165, 1.54) is 24.7 Å². The summed E-state index contributed by atoms with van der Waals surface area (Å²) in [6.07, 6.45) is 1.62. The Morgan fingerprint density at radius 2 is 2.10 bits per heavy atom. The highest BCUT2D eigenvalue weighted by atomic mass is 32.1. The Morgan fingerprint density at radius 1 is 1.23 bits per heavy atom. The monoisotopic (exact) mass is 427 g/mol. The number of rotatable bonds is 7. The number of carbonyl (C=O) groups excluding carboxylic acids is 2. The maximum absolute atomic E-state index is 12.6. The molecule has 9 nitrogen and oxygen atoms in total. The minimum Gasteiger partial charge on any atom is -0.494 e. The molecule has 3 aromatic rings. The van der Waals surface area contributed by atoms with Gasteiger partial charge in [-0.25, -0.2) is 0 Å². The van der Waals surface area contributed by atoms with Crippen molar-refractivity contribution in [2.24, 2.45) is 5.92 Å². The molecule has 1 fully saturated rings. The van der Waals surface area contributed by atoms with Crippen LogP contribution >= 0.6 is 11.5 Å². The number of nitrogens with zero attached hydrogens (tertiary/aromatic N) is 3. The summed E-state index contributed by atoms with van der Waals surface area (Å²) in [4.78, 5) is 24.7. The standard InChI is InChI=1S/C20H20N6O3S/c1-21-20(28)17-15(10-16(24-25-17)23-19(27)11-6-7-11)22-14-5-3-4-12(18(14)29-2)13-8-9-30-26-13/h3-5,8-11H,6-7H2,1-2H3,(H,21,28)(H2,22,23,24,27)/i1D3. The molecule has 10 heteroatoms. The smallest absolute Gasteiger partial charge is 0.273 e. The minimum absolute atomic E-state index is 0.0587. The summed E-state index contributed by atoms with van der Waals surface area (Å²) in [6.45, 7) is -2.71. The molecule has 1 saturated carbocycles. The normalized spacial score (nSPS) is 14.8. The van der Waals surface area contributed by atoms with E-state index in [4.69, 9.17) is 8.85 Å². The average molecular weight is 428 g/mol. The molecule has 30 heavy (non-hydrogen) atoms. The van der Waals surface area contributed by atoms with Gasteiger partial charge in [-0.1, -0.05) is 6.07 Å². The Labute approximate surface area is 181 Å². The van der Waals surface area contributed by atoms with Crippen molar-refractivity contribution >= 4 is 40.5 Å². The predicted octanol–water partition coefficient (Wildman–Crippen LogP) is 3.06. The van der Waals surface area contributed by atoms with Crippen molar-refractivity contribution < 1.29 is 18.4 Å². The highest BCUT2D eigenvalue weighted by Gasteiger charge is 2.30. The number of methoxy groups -OCH3 is 1. The molecule has 0 atom stereocenters. The molecule has 0 aliphatic heterocycles. The van der Waals surface area contributed by atoms with E-state index in [1.54, 1.807) is 12.1 Å². The largest absolute Gasteiger partial charge is 0.494 e. The summed E-state index contributed by atoms with van der Waals surface area (Å²) in [5.41, 5.74) is 1.81. The number of hydrogen-bond acceptors (Lipinski definition) is 8. The first kappa shape index (κ1) is 16.3. The molecule has 1 aliphatic carbocycles. The van der Waals surface area contributed by atoms with E-state index in [0.717, 1.165) is 18.4 Å². The van der Waals surface area contributed by atoms with Crippen LogP contribution in [-0.2, 0) is 4.79 Å². The van der Waals surface area contributed by atoms with Crippen LogP contribution in [0.4, 0.5) is 17.2 Å². The fourth-order valence-electron chi connectivity index (χ4n) is 2.90. The lowest BCUT2D eigenvalue weighted by Gasteiger charge is -2.16. The van der Waals surface area contributed by atoms with E-state index < -0.39 is 12.9 Å². The number of carbonyl (C=O) groups is 2. The van der Waals surface area contributed by atoms with E-state index in [-0.39, 0.29) is 29.0 Å². The third-order valence-corrected chi connectivity index (χ3v) is 5.08. The molecule has 0 unspecified atom stereocenters. The zero-order valence-electron chi connectivity index (χ0n) is 18.9. The average Bonchev–Trinajstić information content (AvgIpc) is 3.47. The number of nitrogens with one attached hydrogen (secondary N) is 3. The number of benzene rings is 1. The van der Waals surface area contributed by atoms with Gasteiger partial charge >= 0.3 is 0 Å². The summed E-state index contributed by atoms with van der Waals surface area (Å²) < 4.78 is 31.9. The van der Waals surface area contributed by atoms with Gasteiger partial charge in [-0.2, -0.15) is 4.37 Å². The van der Waals surface area contributed by atoms with E-state index >= 15 is 0 Å². The zero-order valence-corrected chi connectivity index (χ0v) is 16.7. The topological polar surface area (TPSA) is 118 Å². The van der Waals surface area contributed by atoms with Gasteiger partial charge in [0, 0.05) is 34.0 Å². The summed E-state index contributed by atoms with van der Waals surface area (Å²) >= 11 is 1.30. The van der Waals surface area contributed by atoms with Crippen LogP contribution in [0.5, 0.6) is 5.75 Å². The van der Waals surface area contributed by atoms with Gasteiger partial charge in [0.1, 0.15) is 0 Å². The number of anilines is 3. The molecule has 0 spiro atoms. The van der Waals surface area contributed by atoms with Gasteiger partial charge < -0.3 is 20.7 Å². The first-order valence-electron chi connectivity index (χ1n) is 10.6. The second kappa shape index (κ2) is 8.46. The molecule has 2 heterocycles. The zero-order chi connectivity index (χ0) is 23.6. The predicted molar refractivity (Wildman–Crippen MR) is 114 cm³/mol. The van der Waals surface area contributed by atoms with Crippen LogP contribution in [0, 0.1) is 5.92 Å². The SMILES string of the molecule is [2H]C([2H])([2H])NC(=O)c1nnc(NC(=O)C2CC2)cc1Nc1cccc(-c2ccsn2)c1OC. The Balaban J connectivity index is 1.72. The van der Waals surface area contributed by atoms with Gasteiger partial charge in [0.05, 0.1) is 24.2 Å². The third kappa shape index (κ3) is 4.08. The lowest BCUT2D eigenvalue weighted by molar-refractivity contribution is -0.117. The van der Waals surface area contributed by atoms with E-state index in [9.17, 15) is 9.59 Å². The van der Waals surface area contributed by atoms with Gasteiger partial charge in [0.25, 0.3) is 5.91 Å². The number of aromatic nitrogens is 3. The Bertz CT molecular complexity index is 1180. The molecular formula is C20H20N6O3S. The van der Waals surface area contributed by atoms with Crippen molar-refractivity contribution in [2.75, 3.05) is 24.7 Å². The molecule has 154 valence electrons. The lowest BCUT2D eigenvalue weighted by Crippen LogP contribution is -2.22. The molecule has 1 aromatic carbocycles. The second-order valence-electron chi connectivity index (χ2n) is 6.61. The van der Waals surface area contributed by atoms with Crippen molar-refractivity contribution in [1.29, 1.82) is 0 Å². The fourth-order valence-corrected chi connectivity index (χ4v) is 3.43. The van der Waals surface area contributed by atoms with Gasteiger partial charge in [-0.3, -0.25) is 9.59 Å². The third-order valence-electron chi connectivity index (χ3n) is 4.52. The molecule has 2 aromatic heterocycles. The molecule has 0 radical (unpaired) electrons. The molecule has 3 N–H and O–H groups in total. The highest BCUT2D eigenvalue weighted by molar-refractivity contribution is 7.03. The van der Waals surface area contributed by atoms with Gasteiger partial charge in [0.15, 0.2) is 17.3 Å². The minimum atomic E-state index is -2.71. The van der Waals surface area contributed by atoms with Crippen LogP contribution in [0.15, 0.2) is 35.7 Å². The van der Waals surface area contributed by atoms with Gasteiger partial charge in [0.2, 0.25) is 5.91 Å². The van der Waals surface area contributed by atoms with Crippen molar-refractivity contribution in [2.45, 2.75) is 12.8 Å². The number of amides is 2. The van der Waals surface area contributed by atoms with Crippen LogP contribution in [0.2, 0.25) is 0 Å². The van der Waals surface area contributed by atoms with E-state index in [1.807, 2.05) is 22.8 Å². The van der Waals surface area contributed by atoms with Crippen LogP contribution in [0.1, 0.15) is 27.4 Å². The van der Waals surface area contributed by atoms with Crippen molar-refractivity contribution in [1.82, 2.24) is 19.9 Å². The van der Waals surface area contributed by atoms with Crippen LogP contribution < -0.4 is 20.7 Å². The van der Waals surface area contributed by atoms with E-state index in [0.29, 0.717) is 17.1 Å². The summed E-state index contributed by atoms with van der Waals surface area (Å²) in [7, 11) is 1.50. The number of para-hydroxylation sites is 1. The van der Waals surface area contributed by atoms with Gasteiger partial charge in [-0.05, 0) is 42.6 Å². The molecule has 0 bridgehead atoms. The first-order chi connectivity index (χ1) is 15.7. The first-order valence-corrected chi connectivity index (χ1v) is 9.94. The summed E-state index contributed by atoms with van der Waals surface area (Å²) in [5.74, 6) is -0.588. The van der Waals surface area contributed by atoms with Crippen molar-refractivity contribution in [3.8, 4) is 17.0 Å². The molecule has 2 amide bonds. The maximum Gasteiger partial charge on any atom is 0.273 e. The number of hydrogen-bond donors (Lipinski definition) is 3. The highest BCUT2D eigenvalue weighted by Crippen LogP contribution is 2.38. The van der Waals surface area contributed by atoms with Crippen LogP contribution in [0.3, 0.4) is 0 Å². The molecule has 4 rings (SSSR count). The van der Waals surface area contributed by atoms with E-state index in [2.05, 4.69) is 25.2 Å². The lowest BCUT2D eigenvalue weighted by atomic mass is 10.1. The summed E-state index contributed by atoms with van der Waals surface area (Å²) in [6, 6.07) is 8.63. The van der Waals surface area contributed by atoms with Crippen LogP contribution in [0.25, 0.3) is 11.3 Å². The second-order valence-corrected chi connectivity index (χ2v) is 7.27. The Morgan fingerprint density at radius 3 is 2.80 bits per heavy atom.